The van der Waals surface area contributed by atoms with Gasteiger partial charge in [0.1, 0.15) is 0 Å². The molecule has 1 aromatic rings. The van der Waals surface area contributed by atoms with E-state index in [0.717, 1.165) is 24.5 Å². The number of hydrogen-bond acceptors (Lipinski definition) is 3. The topological polar surface area (TPSA) is 19.6 Å². The Bertz CT molecular complexity index is 361. The second kappa shape index (κ2) is 6.00. The van der Waals surface area contributed by atoms with Crippen molar-refractivity contribution in [3.8, 4) is 0 Å². The van der Waals surface area contributed by atoms with Crippen LogP contribution in [0, 0.1) is 6.57 Å². The van der Waals surface area contributed by atoms with Gasteiger partial charge in [0, 0.05) is 26.2 Å². The van der Waals surface area contributed by atoms with E-state index in [0.29, 0.717) is 0 Å². The monoisotopic (exact) mass is 235 g/mol. The van der Waals surface area contributed by atoms with Gasteiger partial charge in [-0.1, -0.05) is 6.07 Å². The molecule has 0 radical (unpaired) electrons. The Kier molecular flexibility index (Phi) is 4.34. The zero-order chi connectivity index (χ0) is 11.2. The average Bonchev–Trinajstić information content (AvgIpc) is 2.78. The summed E-state index contributed by atoms with van der Waals surface area (Å²) >= 11 is 1.63. The highest BCUT2D eigenvalue weighted by atomic mass is 32.1. The Labute approximate surface area is 101 Å². The van der Waals surface area contributed by atoms with Crippen LogP contribution in [0.4, 0.5) is 5.00 Å². The third-order valence-corrected chi connectivity index (χ3v) is 3.90. The summed E-state index contributed by atoms with van der Waals surface area (Å²) in [4.78, 5) is 7.30. The summed E-state index contributed by atoms with van der Waals surface area (Å²) in [5, 5.41) is 4.18. The van der Waals surface area contributed by atoms with E-state index in [1.165, 1.54) is 30.9 Å². The molecule has 16 heavy (non-hydrogen) atoms. The summed E-state index contributed by atoms with van der Waals surface area (Å²) in [5.74, 6) is 0. The highest BCUT2D eigenvalue weighted by Gasteiger charge is 2.08. The predicted octanol–water partition coefficient (Wildman–Crippen LogP) is 2.14. The van der Waals surface area contributed by atoms with Crippen molar-refractivity contribution in [3.63, 3.8) is 0 Å². The molecule has 1 aromatic heterocycles. The largest absolute Gasteiger partial charge is 0.314 e. The first-order valence-corrected chi connectivity index (χ1v) is 6.59. The highest BCUT2D eigenvalue weighted by molar-refractivity contribution is 7.16. The molecule has 1 N–H and O–H groups in total. The van der Waals surface area contributed by atoms with Gasteiger partial charge in [-0.3, -0.25) is 0 Å². The smallest absolute Gasteiger partial charge is 0.241 e. The van der Waals surface area contributed by atoms with Gasteiger partial charge in [-0.2, -0.15) is 11.3 Å². The van der Waals surface area contributed by atoms with Crippen LogP contribution < -0.4 is 5.32 Å². The minimum Gasteiger partial charge on any atom is -0.314 e. The number of nitrogens with one attached hydrogen (secondary N) is 1. The van der Waals surface area contributed by atoms with Crippen LogP contribution in [-0.2, 0) is 6.42 Å². The van der Waals surface area contributed by atoms with Crippen LogP contribution in [0.1, 0.15) is 11.3 Å². The van der Waals surface area contributed by atoms with Gasteiger partial charge in [0.15, 0.2) is 0 Å². The van der Waals surface area contributed by atoms with Crippen LogP contribution in [0.5, 0.6) is 0 Å². The van der Waals surface area contributed by atoms with E-state index in [1.807, 2.05) is 6.07 Å². The molecule has 1 aliphatic heterocycles. The predicted molar refractivity (Wildman–Crippen MR) is 68.2 cm³/mol. The molecule has 0 unspecified atom stereocenters. The first kappa shape index (κ1) is 11.6. The molecule has 3 nitrogen and oxygen atoms in total. The maximum atomic E-state index is 6.91. The molecule has 0 atom stereocenters. The molecule has 1 fully saturated rings. The Hall–Kier alpha value is -0.890. The first-order chi connectivity index (χ1) is 7.88. The van der Waals surface area contributed by atoms with Crippen molar-refractivity contribution in [3.05, 3.63) is 28.4 Å². The Morgan fingerprint density at radius 2 is 2.19 bits per heavy atom. The lowest BCUT2D eigenvalue weighted by atomic mass is 10.2. The average molecular weight is 235 g/mol. The van der Waals surface area contributed by atoms with Crippen LogP contribution in [0.2, 0.25) is 0 Å². The molecule has 0 spiro atoms. The van der Waals surface area contributed by atoms with Gasteiger partial charge in [0.25, 0.3) is 0 Å². The van der Waals surface area contributed by atoms with Gasteiger partial charge in [0.2, 0.25) is 5.00 Å². The molecule has 1 aliphatic rings. The van der Waals surface area contributed by atoms with E-state index in [2.05, 4.69) is 21.1 Å². The van der Waals surface area contributed by atoms with E-state index in [9.17, 15) is 0 Å². The molecular formula is C12H17N3S. The summed E-state index contributed by atoms with van der Waals surface area (Å²) in [6.45, 7) is 12.7. The number of piperazine rings is 1. The number of aryl methyl sites for hydroxylation is 1. The zero-order valence-corrected chi connectivity index (χ0v) is 10.2. The molecule has 2 heterocycles. The van der Waals surface area contributed by atoms with Crippen LogP contribution >= 0.6 is 11.3 Å². The molecule has 0 saturated carbocycles. The van der Waals surface area contributed by atoms with E-state index in [1.54, 1.807) is 11.3 Å². The molecule has 4 heteroatoms. The summed E-state index contributed by atoms with van der Waals surface area (Å²) < 4.78 is 0. The molecular weight excluding hydrogens is 218 g/mol. The molecule has 0 aliphatic carbocycles. The molecule has 0 bridgehead atoms. The second-order valence-electron chi connectivity index (χ2n) is 4.05. The van der Waals surface area contributed by atoms with E-state index in [-0.39, 0.29) is 0 Å². The van der Waals surface area contributed by atoms with Crippen molar-refractivity contribution in [2.75, 3.05) is 32.7 Å². The highest BCUT2D eigenvalue weighted by Crippen LogP contribution is 2.25. The van der Waals surface area contributed by atoms with E-state index >= 15 is 0 Å². The van der Waals surface area contributed by atoms with Crippen LogP contribution in [-0.4, -0.2) is 37.6 Å². The van der Waals surface area contributed by atoms with Crippen molar-refractivity contribution in [1.82, 2.24) is 10.2 Å². The van der Waals surface area contributed by atoms with Crippen molar-refractivity contribution in [2.24, 2.45) is 0 Å². The lowest BCUT2D eigenvalue weighted by Gasteiger charge is -2.26. The van der Waals surface area contributed by atoms with Gasteiger partial charge in [-0.15, -0.1) is 0 Å². The standard InChI is InChI=1S/C12H17N3S/c1-13-12-5-4-11(16-12)3-2-8-15-9-6-14-7-10-15/h4-5,14H,2-3,6-10H2. The maximum Gasteiger partial charge on any atom is 0.241 e. The van der Waals surface area contributed by atoms with Crippen LogP contribution in [0.15, 0.2) is 12.1 Å². The molecule has 1 saturated heterocycles. The van der Waals surface area contributed by atoms with Gasteiger partial charge in [-0.25, -0.2) is 4.85 Å². The fourth-order valence-corrected chi connectivity index (χ4v) is 2.81. The van der Waals surface area contributed by atoms with Crippen molar-refractivity contribution in [1.29, 1.82) is 0 Å². The Balaban J connectivity index is 1.69. The fraction of sp³-hybridized carbons (Fsp3) is 0.583. The van der Waals surface area contributed by atoms with Crippen molar-refractivity contribution >= 4 is 16.3 Å². The molecule has 0 amide bonds. The van der Waals surface area contributed by atoms with Crippen molar-refractivity contribution in [2.45, 2.75) is 12.8 Å². The van der Waals surface area contributed by atoms with Crippen LogP contribution in [0.25, 0.3) is 4.85 Å². The number of hydrogen-bond donors (Lipinski definition) is 1. The third kappa shape index (κ3) is 3.31. The quantitative estimate of drug-likeness (QED) is 0.807. The van der Waals surface area contributed by atoms with Gasteiger partial charge in [-0.05, 0) is 30.3 Å². The Morgan fingerprint density at radius 3 is 2.88 bits per heavy atom. The number of rotatable bonds is 4. The lowest BCUT2D eigenvalue weighted by molar-refractivity contribution is 0.239. The summed E-state index contributed by atoms with van der Waals surface area (Å²) in [5.41, 5.74) is 0. The normalized spacial score (nSPS) is 17.2. The second-order valence-corrected chi connectivity index (χ2v) is 5.19. The minimum atomic E-state index is 0.817. The fourth-order valence-electron chi connectivity index (χ4n) is 1.97. The number of nitrogens with zero attached hydrogens (tertiary/aromatic N) is 2. The summed E-state index contributed by atoms with van der Waals surface area (Å²) in [6, 6.07) is 4.02. The molecule has 86 valence electrons. The molecule has 2 rings (SSSR count). The van der Waals surface area contributed by atoms with Gasteiger partial charge in [0.05, 0.1) is 6.57 Å². The lowest BCUT2D eigenvalue weighted by Crippen LogP contribution is -2.43. The molecule has 0 aromatic carbocycles. The van der Waals surface area contributed by atoms with Gasteiger partial charge >= 0.3 is 0 Å². The Morgan fingerprint density at radius 1 is 1.38 bits per heavy atom. The van der Waals surface area contributed by atoms with Crippen LogP contribution in [0.3, 0.4) is 0 Å². The summed E-state index contributed by atoms with van der Waals surface area (Å²) in [7, 11) is 0. The van der Waals surface area contributed by atoms with Crippen molar-refractivity contribution < 1.29 is 0 Å². The first-order valence-electron chi connectivity index (χ1n) is 5.78. The van der Waals surface area contributed by atoms with Gasteiger partial charge < -0.3 is 10.2 Å². The van der Waals surface area contributed by atoms with E-state index < -0.39 is 0 Å². The SMILES string of the molecule is [C-]#[N+]c1ccc(CCCN2CCNCC2)s1. The zero-order valence-electron chi connectivity index (χ0n) is 9.41. The number of thiophene rings is 1. The maximum absolute atomic E-state index is 6.91. The summed E-state index contributed by atoms with van der Waals surface area (Å²) in [6.07, 6.45) is 2.32. The minimum absolute atomic E-state index is 0.817. The third-order valence-electron chi connectivity index (χ3n) is 2.86. The van der Waals surface area contributed by atoms with E-state index in [4.69, 9.17) is 6.57 Å².